The lowest BCUT2D eigenvalue weighted by Crippen LogP contribution is -1.39. The minimum atomic E-state index is 0.0753. The Hall–Kier alpha value is 4.79. The lowest BCUT2D eigenvalue weighted by Gasteiger charge is -2.27. The molecule has 12 heteroatoms. The van der Waals surface area contributed by atoms with E-state index >= 15 is 0 Å². The van der Waals surface area contributed by atoms with Crippen LogP contribution in [0.25, 0.3) is 0 Å². The van der Waals surface area contributed by atoms with Gasteiger partial charge in [0.05, 0.1) is 0 Å². The van der Waals surface area contributed by atoms with E-state index in [2.05, 4.69) is 44.6 Å². The van der Waals surface area contributed by atoms with Crippen LogP contribution in [0.1, 0.15) is 0 Å². The molecule has 0 heterocycles. The Labute approximate surface area is 95.9 Å². The van der Waals surface area contributed by atoms with Gasteiger partial charge in [0.25, 0.3) is 0 Å². The second-order valence-electron chi connectivity index (χ2n) is 1.65. The molecule has 0 aliphatic carbocycles. The molecule has 0 N–H and O–H groups in total. The summed E-state index contributed by atoms with van der Waals surface area (Å²) in [6.45, 7) is 0.511. The first kappa shape index (κ1) is 16.8. The first-order valence-corrected chi connectivity index (χ1v) is 22.1. The summed E-state index contributed by atoms with van der Waals surface area (Å²) in [6.07, 6.45) is 0. The minimum Gasteiger partial charge on any atom is -0.138 e. The Morgan fingerprint density at radius 3 is 1.58 bits per heavy atom. The predicted octanol–water partition coefficient (Wildman–Crippen LogP) is 5.88. The number of hydrogen-bond acceptors (Lipinski definition) is 0. The molecule has 8 unspecified atom stereocenters. The van der Waals surface area contributed by atoms with Gasteiger partial charge < -0.3 is 0 Å². The summed E-state index contributed by atoms with van der Waals surface area (Å²) in [5, 5.41) is 0. The third kappa shape index (κ3) is 7.97. The molecule has 0 amide bonds. The molecule has 0 fully saturated rings. The van der Waals surface area contributed by atoms with E-state index in [1.165, 1.54) is 0 Å². The SMILES string of the molecule is [B]PP(P)PP(P(P)P)P(P)P. The standard InChI is InChI=1S/BH12P11/c1-7-11(6)8-12(9(2)3)10(4)5/h7-8H,2-6H2. The largest absolute Gasteiger partial charge is 0.138 e. The molecule has 0 aromatic carbocycles. The van der Waals surface area contributed by atoms with Gasteiger partial charge in [-0.05, 0) is 27.9 Å². The highest BCUT2D eigenvalue weighted by Gasteiger charge is 2.19. The van der Waals surface area contributed by atoms with Crippen LogP contribution >= 0.6 is 88.7 Å². The zero-order chi connectivity index (χ0) is 9.72. The topological polar surface area (TPSA) is 0 Å². The first-order chi connectivity index (χ1) is 5.49. The van der Waals surface area contributed by atoms with Gasteiger partial charge in [-0.2, -0.15) is 0 Å². The van der Waals surface area contributed by atoms with Gasteiger partial charge in [0.1, 0.15) is 7.57 Å². The Kier molecular flexibility index (Phi) is 13.7. The van der Waals surface area contributed by atoms with Crippen molar-refractivity contribution in [3.8, 4) is 0 Å². The van der Waals surface area contributed by atoms with Gasteiger partial charge in [0, 0.05) is 0 Å². The molecule has 0 bridgehead atoms. The van der Waals surface area contributed by atoms with E-state index in [1.54, 1.807) is 0 Å². The van der Waals surface area contributed by atoms with Crippen molar-refractivity contribution < 1.29 is 0 Å². The fourth-order valence-electron chi connectivity index (χ4n) is 0.348. The van der Waals surface area contributed by atoms with Crippen molar-refractivity contribution >= 4 is 96.3 Å². The van der Waals surface area contributed by atoms with Crippen molar-refractivity contribution in [2.45, 2.75) is 0 Å². The highest BCUT2D eigenvalue weighted by Crippen LogP contribution is 3.09. The van der Waals surface area contributed by atoms with E-state index in [0.717, 1.165) is 7.96 Å². The second kappa shape index (κ2) is 9.79. The van der Waals surface area contributed by atoms with Gasteiger partial charge in [-0.15, -0.1) is 52.8 Å². The third-order valence-corrected chi connectivity index (χ3v) is 55.2. The van der Waals surface area contributed by atoms with Crippen molar-refractivity contribution in [2.24, 2.45) is 0 Å². The Bertz CT molecular complexity index is 99.6. The second-order valence-corrected chi connectivity index (χ2v) is 42.2. The van der Waals surface area contributed by atoms with Crippen molar-refractivity contribution in [1.29, 1.82) is 0 Å². The van der Waals surface area contributed by atoms with E-state index in [-0.39, 0.29) is 27.9 Å². The molecule has 70 valence electrons. The molecule has 0 saturated carbocycles. The Morgan fingerprint density at radius 1 is 0.917 bits per heavy atom. The zero-order valence-corrected chi connectivity index (χ0v) is 17.6. The fourth-order valence-corrected chi connectivity index (χ4v) is 79.8. The van der Waals surface area contributed by atoms with Crippen LogP contribution in [-0.4, -0.2) is 7.57 Å². The summed E-state index contributed by atoms with van der Waals surface area (Å²) < 4.78 is 0. The molecule has 0 nitrogen and oxygen atoms in total. The first-order valence-electron chi connectivity index (χ1n) is 2.65. The maximum atomic E-state index is 5.66. The normalized spacial score (nSPS) is 16.7. The molecule has 0 aliphatic rings. The van der Waals surface area contributed by atoms with Crippen molar-refractivity contribution in [3.63, 3.8) is 0 Å². The summed E-state index contributed by atoms with van der Waals surface area (Å²) in [7, 11) is 22.2. The molecule has 12 heavy (non-hydrogen) atoms. The molecule has 0 spiro atoms. The molecular formula is H12BP11. The molecule has 0 rings (SSSR count). The van der Waals surface area contributed by atoms with Crippen LogP contribution in [0.5, 0.6) is 0 Å². The summed E-state index contributed by atoms with van der Waals surface area (Å²) in [5.74, 6) is 0. The third-order valence-electron chi connectivity index (χ3n) is 0.774. The van der Waals surface area contributed by atoms with Gasteiger partial charge in [-0.25, -0.2) is 0 Å². The molecule has 0 aromatic rings. The van der Waals surface area contributed by atoms with Crippen LogP contribution < -0.4 is 0 Å². The average molecular weight is 364 g/mol. The van der Waals surface area contributed by atoms with Crippen LogP contribution in [0.2, 0.25) is 0 Å². The molecule has 0 aliphatic heterocycles. The van der Waals surface area contributed by atoms with E-state index in [0.29, 0.717) is 8.15 Å². The Balaban J connectivity index is 3.95. The fraction of sp³-hybridized carbons (Fsp3) is 0. The maximum absolute atomic E-state index is 5.66. The van der Waals surface area contributed by atoms with Crippen molar-refractivity contribution in [3.05, 3.63) is 0 Å². The van der Waals surface area contributed by atoms with Crippen LogP contribution in [0.4, 0.5) is 0 Å². The molecule has 0 aromatic heterocycles. The van der Waals surface area contributed by atoms with Crippen molar-refractivity contribution in [2.75, 3.05) is 0 Å². The van der Waals surface area contributed by atoms with Crippen LogP contribution in [0.15, 0.2) is 0 Å². The van der Waals surface area contributed by atoms with E-state index in [1.807, 2.05) is 0 Å². The predicted molar refractivity (Wildman–Crippen MR) is 98.6 cm³/mol. The number of hydrogen-bond donors (Lipinski definition) is 0. The van der Waals surface area contributed by atoms with Gasteiger partial charge in [0.15, 0.2) is 0 Å². The zero-order valence-electron chi connectivity index (χ0n) is 6.25. The molecule has 2 radical (unpaired) electrons. The van der Waals surface area contributed by atoms with E-state index in [9.17, 15) is 0 Å². The smallest absolute Gasteiger partial charge is 0.111 e. The lowest BCUT2D eigenvalue weighted by molar-refractivity contribution is 4.67. The number of rotatable bonds is 5. The monoisotopic (exact) mass is 364 g/mol. The van der Waals surface area contributed by atoms with E-state index < -0.39 is 0 Å². The maximum Gasteiger partial charge on any atom is 0.111 e. The highest BCUT2D eigenvalue weighted by molar-refractivity contribution is 9.15. The minimum absolute atomic E-state index is 0.0753. The van der Waals surface area contributed by atoms with Crippen LogP contribution in [-0.2, 0) is 0 Å². The van der Waals surface area contributed by atoms with E-state index in [4.69, 9.17) is 7.57 Å². The summed E-state index contributed by atoms with van der Waals surface area (Å²) in [6, 6.07) is 0. The van der Waals surface area contributed by atoms with Gasteiger partial charge >= 0.3 is 0 Å². The highest BCUT2D eigenvalue weighted by atomic mass is 33.2. The summed E-state index contributed by atoms with van der Waals surface area (Å²) >= 11 is 0. The molecule has 0 saturated heterocycles. The van der Waals surface area contributed by atoms with Crippen LogP contribution in [0.3, 0.4) is 0 Å². The quantitative estimate of drug-likeness (QED) is 0.422. The molecule has 8 atom stereocenters. The Morgan fingerprint density at radius 2 is 1.33 bits per heavy atom. The molecular weight excluding hydrogens is 352 g/mol. The summed E-state index contributed by atoms with van der Waals surface area (Å²) in [4.78, 5) is 0. The van der Waals surface area contributed by atoms with Gasteiger partial charge in [0.2, 0.25) is 0 Å². The van der Waals surface area contributed by atoms with Gasteiger partial charge in [-0.3, -0.25) is 0 Å². The average Bonchev–Trinajstić information content (AvgIpc) is 1.98. The van der Waals surface area contributed by atoms with Crippen molar-refractivity contribution in [1.82, 2.24) is 0 Å². The van der Waals surface area contributed by atoms with Crippen LogP contribution in [0, 0.1) is 0 Å². The lowest BCUT2D eigenvalue weighted by atomic mass is 10.8. The van der Waals surface area contributed by atoms with Gasteiger partial charge in [-0.1, -0.05) is 7.96 Å². The summed E-state index contributed by atoms with van der Waals surface area (Å²) in [5.41, 5.74) is 0.